The number of carbonyl (C=O) groups excluding carboxylic acids is 1. The third kappa shape index (κ3) is 4.00. The van der Waals surface area contributed by atoms with Crippen molar-refractivity contribution in [2.45, 2.75) is 30.7 Å². The number of sulfonamides is 1. The van der Waals surface area contributed by atoms with E-state index in [1.807, 2.05) is 0 Å². The second-order valence-electron chi connectivity index (χ2n) is 6.28. The zero-order chi connectivity index (χ0) is 19.6. The molecule has 1 fully saturated rings. The largest absolute Gasteiger partial charge is 0.497 e. The van der Waals surface area contributed by atoms with Crippen LogP contribution in [0.15, 0.2) is 47.4 Å². The van der Waals surface area contributed by atoms with Gasteiger partial charge in [0.25, 0.3) is 10.0 Å². The fraction of sp³-hybridized carbons (Fsp3) is 0.316. The van der Waals surface area contributed by atoms with Crippen molar-refractivity contribution in [3.63, 3.8) is 0 Å². The van der Waals surface area contributed by atoms with Crippen LogP contribution in [-0.4, -0.2) is 34.6 Å². The van der Waals surface area contributed by atoms with Gasteiger partial charge in [-0.1, -0.05) is 0 Å². The molecule has 0 heterocycles. The molecule has 2 aromatic carbocycles. The molecule has 1 N–H and O–H groups in total. The summed E-state index contributed by atoms with van der Waals surface area (Å²) in [5.74, 6) is 0.565. The summed E-state index contributed by atoms with van der Waals surface area (Å²) in [6, 6.07) is 11.3. The normalized spacial score (nSPS) is 13.7. The minimum absolute atomic E-state index is 0.0867. The minimum atomic E-state index is -3.83. The average Bonchev–Trinajstić information content (AvgIpc) is 3.47. The van der Waals surface area contributed by atoms with Crippen molar-refractivity contribution < 1.29 is 22.7 Å². The maximum absolute atomic E-state index is 13.4. The molecule has 144 valence electrons. The maximum Gasteiger partial charge on any atom is 0.268 e. The molecule has 0 saturated heterocycles. The number of amides is 1. The molecule has 1 aliphatic rings. The lowest BCUT2D eigenvalue weighted by Crippen LogP contribution is -2.33. The van der Waals surface area contributed by atoms with Crippen LogP contribution in [0.25, 0.3) is 0 Å². The van der Waals surface area contributed by atoms with Gasteiger partial charge in [0.1, 0.15) is 16.4 Å². The Balaban J connectivity index is 2.01. The molecule has 3 rings (SSSR count). The van der Waals surface area contributed by atoms with Gasteiger partial charge in [0.15, 0.2) is 0 Å². The fourth-order valence-corrected chi connectivity index (χ4v) is 4.69. The molecule has 0 atom stereocenters. The summed E-state index contributed by atoms with van der Waals surface area (Å²) in [6.07, 6.45) is 1.59. The van der Waals surface area contributed by atoms with E-state index in [9.17, 15) is 13.2 Å². The van der Waals surface area contributed by atoms with E-state index in [1.54, 1.807) is 36.4 Å². The van der Waals surface area contributed by atoms with Crippen LogP contribution in [0.3, 0.4) is 0 Å². The van der Waals surface area contributed by atoms with Crippen LogP contribution in [0.4, 0.5) is 11.4 Å². The Morgan fingerprint density at radius 3 is 2.26 bits per heavy atom. The van der Waals surface area contributed by atoms with Crippen LogP contribution in [-0.2, 0) is 14.8 Å². The smallest absolute Gasteiger partial charge is 0.268 e. The molecule has 0 unspecified atom stereocenters. The summed E-state index contributed by atoms with van der Waals surface area (Å²) >= 11 is 0. The van der Waals surface area contributed by atoms with E-state index in [-0.39, 0.29) is 22.6 Å². The number of ether oxygens (including phenoxy) is 2. The van der Waals surface area contributed by atoms with E-state index in [0.29, 0.717) is 17.1 Å². The fourth-order valence-electron chi connectivity index (χ4n) is 2.84. The monoisotopic (exact) mass is 390 g/mol. The van der Waals surface area contributed by atoms with Gasteiger partial charge in [-0.2, -0.15) is 0 Å². The van der Waals surface area contributed by atoms with Gasteiger partial charge < -0.3 is 14.8 Å². The Kier molecular flexibility index (Phi) is 5.27. The Hall–Kier alpha value is -2.74. The van der Waals surface area contributed by atoms with Crippen molar-refractivity contribution in [3.05, 3.63) is 42.5 Å². The highest BCUT2D eigenvalue weighted by molar-refractivity contribution is 7.93. The van der Waals surface area contributed by atoms with Crippen molar-refractivity contribution in [2.24, 2.45) is 0 Å². The second-order valence-corrected chi connectivity index (χ2v) is 8.06. The number of rotatable bonds is 7. The molecular formula is C19H22N2O5S. The van der Waals surface area contributed by atoms with Gasteiger partial charge >= 0.3 is 0 Å². The molecule has 1 saturated carbocycles. The van der Waals surface area contributed by atoms with E-state index < -0.39 is 10.0 Å². The summed E-state index contributed by atoms with van der Waals surface area (Å²) in [6.45, 7) is 1.42. The molecule has 1 amide bonds. The SMILES string of the molecule is COc1ccc(S(=O)(=O)N(c2ccc(NC(C)=O)cc2)C2CC2)c(OC)c1. The standard InChI is InChI=1S/C19H22N2O5S/c1-13(22)20-14-4-6-15(7-5-14)21(16-8-9-16)27(23,24)19-11-10-17(25-2)12-18(19)26-3/h4-7,10-12,16H,8-9H2,1-3H3,(H,20,22). The number of nitrogens with one attached hydrogen (secondary N) is 1. The average molecular weight is 390 g/mol. The molecule has 0 aromatic heterocycles. The van der Waals surface area contributed by atoms with E-state index in [0.717, 1.165) is 12.8 Å². The Labute approximate surface area is 158 Å². The lowest BCUT2D eigenvalue weighted by atomic mass is 10.2. The number of benzene rings is 2. The molecule has 0 spiro atoms. The quantitative estimate of drug-likeness (QED) is 0.786. The third-order valence-corrected chi connectivity index (χ3v) is 6.15. The number of nitrogens with zero attached hydrogens (tertiary/aromatic N) is 1. The highest BCUT2D eigenvalue weighted by Crippen LogP contribution is 2.39. The summed E-state index contributed by atoms with van der Waals surface area (Å²) in [4.78, 5) is 11.3. The van der Waals surface area contributed by atoms with Gasteiger partial charge in [-0.15, -0.1) is 0 Å². The second kappa shape index (κ2) is 7.48. The first-order valence-corrected chi connectivity index (χ1v) is 9.95. The van der Waals surface area contributed by atoms with Gasteiger partial charge in [-0.3, -0.25) is 9.10 Å². The summed E-state index contributed by atoms with van der Waals surface area (Å²) in [5, 5.41) is 2.68. The molecule has 7 nitrogen and oxygen atoms in total. The molecule has 0 radical (unpaired) electrons. The van der Waals surface area contributed by atoms with Gasteiger partial charge in [0, 0.05) is 24.7 Å². The molecule has 2 aromatic rings. The topological polar surface area (TPSA) is 84.9 Å². The summed E-state index contributed by atoms with van der Waals surface area (Å²) in [5.41, 5.74) is 1.16. The number of methoxy groups -OCH3 is 2. The summed E-state index contributed by atoms with van der Waals surface area (Å²) < 4.78 is 38.6. The highest BCUT2D eigenvalue weighted by Gasteiger charge is 2.39. The highest BCUT2D eigenvalue weighted by atomic mass is 32.2. The minimum Gasteiger partial charge on any atom is -0.497 e. The van der Waals surface area contributed by atoms with Crippen LogP contribution in [0.1, 0.15) is 19.8 Å². The molecule has 0 aliphatic heterocycles. The van der Waals surface area contributed by atoms with E-state index >= 15 is 0 Å². The van der Waals surface area contributed by atoms with Gasteiger partial charge in [0.2, 0.25) is 5.91 Å². The zero-order valence-electron chi connectivity index (χ0n) is 15.4. The van der Waals surface area contributed by atoms with E-state index in [1.165, 1.54) is 31.5 Å². The first-order chi connectivity index (χ1) is 12.9. The van der Waals surface area contributed by atoms with E-state index in [2.05, 4.69) is 5.32 Å². The summed E-state index contributed by atoms with van der Waals surface area (Å²) in [7, 11) is -0.891. The Morgan fingerprint density at radius 1 is 1.07 bits per heavy atom. The predicted octanol–water partition coefficient (Wildman–Crippen LogP) is 3.02. The van der Waals surface area contributed by atoms with Gasteiger partial charge in [-0.05, 0) is 49.2 Å². The van der Waals surface area contributed by atoms with Crippen LogP contribution >= 0.6 is 0 Å². The first-order valence-electron chi connectivity index (χ1n) is 8.51. The lowest BCUT2D eigenvalue weighted by Gasteiger charge is -2.25. The van der Waals surface area contributed by atoms with Crippen molar-refractivity contribution in [2.75, 3.05) is 23.8 Å². The maximum atomic E-state index is 13.4. The third-order valence-electron chi connectivity index (χ3n) is 4.23. The molecule has 27 heavy (non-hydrogen) atoms. The first kappa shape index (κ1) is 19.0. The van der Waals surface area contributed by atoms with Crippen molar-refractivity contribution in [1.82, 2.24) is 0 Å². The number of hydrogen-bond donors (Lipinski definition) is 1. The molecular weight excluding hydrogens is 368 g/mol. The van der Waals surface area contributed by atoms with Crippen molar-refractivity contribution >= 4 is 27.3 Å². The van der Waals surface area contributed by atoms with Gasteiger partial charge in [-0.25, -0.2) is 8.42 Å². The van der Waals surface area contributed by atoms with Gasteiger partial charge in [0.05, 0.1) is 19.9 Å². The van der Waals surface area contributed by atoms with Crippen molar-refractivity contribution in [3.8, 4) is 11.5 Å². The molecule has 8 heteroatoms. The number of anilines is 2. The zero-order valence-corrected chi connectivity index (χ0v) is 16.2. The van der Waals surface area contributed by atoms with E-state index in [4.69, 9.17) is 9.47 Å². The van der Waals surface area contributed by atoms with Crippen LogP contribution in [0, 0.1) is 0 Å². The van der Waals surface area contributed by atoms with Crippen LogP contribution in [0.5, 0.6) is 11.5 Å². The van der Waals surface area contributed by atoms with Crippen LogP contribution in [0.2, 0.25) is 0 Å². The van der Waals surface area contributed by atoms with Crippen molar-refractivity contribution in [1.29, 1.82) is 0 Å². The number of carbonyl (C=O) groups is 1. The Bertz CT molecular complexity index is 937. The van der Waals surface area contributed by atoms with Crippen LogP contribution < -0.4 is 19.1 Å². The Morgan fingerprint density at radius 2 is 1.74 bits per heavy atom. The molecule has 1 aliphatic carbocycles. The predicted molar refractivity (Wildman–Crippen MR) is 103 cm³/mol. The molecule has 0 bridgehead atoms. The lowest BCUT2D eigenvalue weighted by molar-refractivity contribution is -0.114. The number of hydrogen-bond acceptors (Lipinski definition) is 5.